The van der Waals surface area contributed by atoms with Crippen LogP contribution in [0.5, 0.6) is 0 Å². The Balaban J connectivity index is 2.06. The molecule has 1 aromatic carbocycles. The Morgan fingerprint density at radius 3 is 2.57 bits per heavy atom. The van der Waals surface area contributed by atoms with Crippen LogP contribution in [0.15, 0.2) is 52.5 Å². The van der Waals surface area contributed by atoms with Gasteiger partial charge in [-0.2, -0.15) is 0 Å². The highest BCUT2D eigenvalue weighted by Gasteiger charge is 2.09. The molecule has 1 heterocycles. The van der Waals surface area contributed by atoms with Crippen molar-refractivity contribution >= 4 is 23.4 Å². The average molecular weight is 321 g/mol. The number of benzene rings is 1. The minimum Gasteiger partial charge on any atom is -0.310 e. The Bertz CT molecular complexity index is 557. The number of nitrogens with one attached hydrogen (secondary N) is 1. The van der Waals surface area contributed by atoms with Crippen LogP contribution in [0.2, 0.25) is 5.02 Å². The first kappa shape index (κ1) is 16.3. The van der Waals surface area contributed by atoms with Crippen molar-refractivity contribution in [3.63, 3.8) is 0 Å². The minimum atomic E-state index is 0.433. The number of aromatic nitrogens is 1. The van der Waals surface area contributed by atoms with Gasteiger partial charge in [0.1, 0.15) is 5.03 Å². The van der Waals surface area contributed by atoms with Gasteiger partial charge in [0.2, 0.25) is 0 Å². The second-order valence-corrected chi connectivity index (χ2v) is 6.35. The Labute approximate surface area is 136 Å². The van der Waals surface area contributed by atoms with E-state index in [2.05, 4.69) is 48.4 Å². The first-order valence-electron chi connectivity index (χ1n) is 7.36. The van der Waals surface area contributed by atoms with Crippen molar-refractivity contribution in [1.82, 2.24) is 10.3 Å². The first-order valence-corrected chi connectivity index (χ1v) is 8.55. The third-order valence-corrected chi connectivity index (χ3v) is 4.71. The van der Waals surface area contributed by atoms with Crippen LogP contribution in [0.4, 0.5) is 0 Å². The van der Waals surface area contributed by atoms with Gasteiger partial charge in [-0.15, -0.1) is 0 Å². The maximum atomic E-state index is 6.14. The van der Waals surface area contributed by atoms with Crippen LogP contribution >= 0.6 is 23.4 Å². The highest BCUT2D eigenvalue weighted by Crippen LogP contribution is 2.31. The molecule has 1 N–H and O–H groups in total. The molecular formula is C17H21ClN2S. The Morgan fingerprint density at radius 1 is 1.19 bits per heavy atom. The van der Waals surface area contributed by atoms with Crippen molar-refractivity contribution < 1.29 is 0 Å². The van der Waals surface area contributed by atoms with E-state index in [-0.39, 0.29) is 0 Å². The molecule has 2 nitrogen and oxygen atoms in total. The van der Waals surface area contributed by atoms with Gasteiger partial charge in [0, 0.05) is 17.1 Å². The summed E-state index contributed by atoms with van der Waals surface area (Å²) in [5.74, 6) is 0. The summed E-state index contributed by atoms with van der Waals surface area (Å²) in [7, 11) is 0. The van der Waals surface area contributed by atoms with Gasteiger partial charge in [-0.3, -0.25) is 0 Å². The molecule has 0 aliphatic rings. The summed E-state index contributed by atoms with van der Waals surface area (Å²) in [4.78, 5) is 5.46. The maximum absolute atomic E-state index is 6.14. The van der Waals surface area contributed by atoms with Gasteiger partial charge >= 0.3 is 0 Å². The van der Waals surface area contributed by atoms with Gasteiger partial charge in [-0.1, -0.05) is 49.3 Å². The number of pyridine rings is 1. The minimum absolute atomic E-state index is 0.433. The lowest BCUT2D eigenvalue weighted by Gasteiger charge is -2.17. The molecule has 0 amide bonds. The highest BCUT2D eigenvalue weighted by atomic mass is 35.5. The summed E-state index contributed by atoms with van der Waals surface area (Å²) in [6, 6.07) is 12.8. The second kappa shape index (κ2) is 8.42. The van der Waals surface area contributed by atoms with Crippen LogP contribution < -0.4 is 5.32 Å². The molecule has 0 aliphatic carbocycles. The molecule has 1 unspecified atom stereocenters. The number of hydrogen-bond acceptors (Lipinski definition) is 3. The molecule has 0 saturated heterocycles. The normalized spacial score (nSPS) is 12.3. The lowest BCUT2D eigenvalue weighted by atomic mass is 10.0. The largest absolute Gasteiger partial charge is 0.310 e. The van der Waals surface area contributed by atoms with Gasteiger partial charge in [-0.05, 0) is 49.2 Å². The SMILES string of the molecule is CCCNC(CC)c1ccc(Sc2ncccc2Cl)cc1. The third-order valence-electron chi connectivity index (χ3n) is 3.27. The number of nitrogens with zero attached hydrogens (tertiary/aromatic N) is 1. The van der Waals surface area contributed by atoms with Crippen molar-refractivity contribution in [2.75, 3.05) is 6.54 Å². The zero-order chi connectivity index (χ0) is 15.1. The van der Waals surface area contributed by atoms with E-state index < -0.39 is 0 Å². The second-order valence-electron chi connectivity index (χ2n) is 4.88. The lowest BCUT2D eigenvalue weighted by Crippen LogP contribution is -2.21. The molecule has 0 aliphatic heterocycles. The monoisotopic (exact) mass is 320 g/mol. The summed E-state index contributed by atoms with van der Waals surface area (Å²) in [5.41, 5.74) is 1.34. The van der Waals surface area contributed by atoms with Gasteiger partial charge in [0.15, 0.2) is 0 Å². The molecule has 1 atom stereocenters. The van der Waals surface area contributed by atoms with E-state index in [1.165, 1.54) is 5.56 Å². The average Bonchev–Trinajstić information content (AvgIpc) is 2.52. The predicted molar refractivity (Wildman–Crippen MR) is 91.1 cm³/mol. The number of halogens is 1. The Morgan fingerprint density at radius 2 is 1.95 bits per heavy atom. The first-order chi connectivity index (χ1) is 10.2. The molecule has 1 aromatic heterocycles. The molecule has 0 saturated carbocycles. The van der Waals surface area contributed by atoms with Gasteiger partial charge in [-0.25, -0.2) is 4.98 Å². The van der Waals surface area contributed by atoms with Crippen molar-refractivity contribution in [3.8, 4) is 0 Å². The fraction of sp³-hybridized carbons (Fsp3) is 0.353. The summed E-state index contributed by atoms with van der Waals surface area (Å²) >= 11 is 7.74. The van der Waals surface area contributed by atoms with Crippen LogP contribution in [0.1, 0.15) is 38.3 Å². The third kappa shape index (κ3) is 4.73. The number of hydrogen-bond donors (Lipinski definition) is 1. The molecule has 0 radical (unpaired) electrons. The van der Waals surface area contributed by atoms with Crippen LogP contribution in [0.25, 0.3) is 0 Å². The molecule has 2 rings (SSSR count). The topological polar surface area (TPSA) is 24.9 Å². The quantitative estimate of drug-likeness (QED) is 0.745. The van der Waals surface area contributed by atoms with Crippen LogP contribution in [-0.2, 0) is 0 Å². The van der Waals surface area contributed by atoms with Crippen molar-refractivity contribution in [3.05, 3.63) is 53.2 Å². The smallest absolute Gasteiger partial charge is 0.119 e. The standard InChI is InChI=1S/C17H21ClN2S/c1-3-11-19-16(4-2)13-7-9-14(10-8-13)21-17-15(18)6-5-12-20-17/h5-10,12,16,19H,3-4,11H2,1-2H3. The highest BCUT2D eigenvalue weighted by molar-refractivity contribution is 7.99. The van der Waals surface area contributed by atoms with E-state index in [4.69, 9.17) is 11.6 Å². The zero-order valence-electron chi connectivity index (χ0n) is 12.5. The zero-order valence-corrected chi connectivity index (χ0v) is 14.0. The predicted octanol–water partition coefficient (Wildman–Crippen LogP) is 5.34. The van der Waals surface area contributed by atoms with Gasteiger partial charge in [0.05, 0.1) is 5.02 Å². The number of rotatable bonds is 7. The van der Waals surface area contributed by atoms with Crippen molar-refractivity contribution in [2.45, 2.75) is 42.7 Å². The summed E-state index contributed by atoms with van der Waals surface area (Å²) in [6.45, 7) is 5.46. The fourth-order valence-corrected chi connectivity index (χ4v) is 3.15. The van der Waals surface area contributed by atoms with Crippen molar-refractivity contribution in [2.24, 2.45) is 0 Å². The summed E-state index contributed by atoms with van der Waals surface area (Å²) in [5, 5.41) is 5.12. The maximum Gasteiger partial charge on any atom is 0.119 e. The molecule has 112 valence electrons. The van der Waals surface area contributed by atoms with E-state index in [0.29, 0.717) is 11.1 Å². The van der Waals surface area contributed by atoms with E-state index in [1.54, 1.807) is 18.0 Å². The van der Waals surface area contributed by atoms with Crippen LogP contribution in [0, 0.1) is 0 Å². The van der Waals surface area contributed by atoms with E-state index in [9.17, 15) is 0 Å². The van der Waals surface area contributed by atoms with E-state index >= 15 is 0 Å². The van der Waals surface area contributed by atoms with Gasteiger partial charge in [0.25, 0.3) is 0 Å². The lowest BCUT2D eigenvalue weighted by molar-refractivity contribution is 0.518. The van der Waals surface area contributed by atoms with Crippen molar-refractivity contribution in [1.29, 1.82) is 0 Å². The Hall–Kier alpha value is -1.03. The van der Waals surface area contributed by atoms with E-state index in [1.807, 2.05) is 12.1 Å². The van der Waals surface area contributed by atoms with E-state index in [0.717, 1.165) is 29.3 Å². The molecule has 0 bridgehead atoms. The molecule has 4 heteroatoms. The molecule has 2 aromatic rings. The molecular weight excluding hydrogens is 300 g/mol. The molecule has 0 fully saturated rings. The summed E-state index contributed by atoms with van der Waals surface area (Å²) < 4.78 is 0. The molecule has 0 spiro atoms. The molecule has 21 heavy (non-hydrogen) atoms. The van der Waals surface area contributed by atoms with Crippen LogP contribution in [-0.4, -0.2) is 11.5 Å². The Kier molecular flexibility index (Phi) is 6.55. The summed E-state index contributed by atoms with van der Waals surface area (Å²) in [6.07, 6.45) is 4.02. The fourth-order valence-electron chi connectivity index (χ4n) is 2.14. The van der Waals surface area contributed by atoms with Crippen LogP contribution in [0.3, 0.4) is 0 Å². The van der Waals surface area contributed by atoms with Gasteiger partial charge < -0.3 is 5.32 Å².